The molecule has 9 heteroatoms. The molecule has 2 aliphatic rings. The Kier molecular flexibility index (Phi) is 8.90. The number of hydrogen-bond donors (Lipinski definition) is 2. The highest BCUT2D eigenvalue weighted by molar-refractivity contribution is 14.0. The molecule has 1 saturated heterocycles. The van der Waals surface area contributed by atoms with E-state index in [-0.39, 0.29) is 28.7 Å². The maximum absolute atomic E-state index is 11.6. The van der Waals surface area contributed by atoms with Crippen molar-refractivity contribution in [2.75, 3.05) is 39.5 Å². The van der Waals surface area contributed by atoms with E-state index in [1.807, 2.05) is 17.8 Å². The molecule has 1 saturated carbocycles. The van der Waals surface area contributed by atoms with E-state index in [1.165, 1.54) is 24.0 Å². The summed E-state index contributed by atoms with van der Waals surface area (Å²) < 4.78 is 25.1. The molecule has 0 amide bonds. The highest BCUT2D eigenvalue weighted by Crippen LogP contribution is 2.51. The number of piperidine rings is 1. The molecule has 1 heterocycles. The van der Waals surface area contributed by atoms with Gasteiger partial charge in [0.15, 0.2) is 5.96 Å². The molecule has 1 aromatic carbocycles. The lowest BCUT2D eigenvalue weighted by atomic mass is 9.98. The van der Waals surface area contributed by atoms with E-state index in [4.69, 9.17) is 0 Å². The summed E-state index contributed by atoms with van der Waals surface area (Å²) in [6, 6.07) is 10.6. The van der Waals surface area contributed by atoms with Gasteiger partial charge in [-0.25, -0.2) is 12.7 Å². The monoisotopic (exact) mass is 538 g/mol. The third-order valence-electron chi connectivity index (χ3n) is 5.29. The first-order valence-corrected chi connectivity index (χ1v) is 12.2. The van der Waals surface area contributed by atoms with Crippen LogP contribution in [0.1, 0.15) is 25.7 Å². The Morgan fingerprint density at radius 1 is 1.21 bits per heavy atom. The Morgan fingerprint density at radius 2 is 1.86 bits per heavy atom. The van der Waals surface area contributed by atoms with Crippen molar-refractivity contribution in [3.05, 3.63) is 30.3 Å². The molecule has 3 rings (SSSR count). The third kappa shape index (κ3) is 7.07. The van der Waals surface area contributed by atoms with Crippen LogP contribution in [0.5, 0.6) is 0 Å². The molecule has 1 aliphatic carbocycles. The van der Waals surface area contributed by atoms with E-state index in [1.54, 1.807) is 11.4 Å². The largest absolute Gasteiger partial charge is 0.356 e. The van der Waals surface area contributed by atoms with Gasteiger partial charge in [0, 0.05) is 42.9 Å². The lowest BCUT2D eigenvalue weighted by molar-refractivity contribution is 0.275. The van der Waals surface area contributed by atoms with Crippen molar-refractivity contribution in [3.63, 3.8) is 0 Å². The van der Waals surface area contributed by atoms with Crippen molar-refractivity contribution in [3.8, 4) is 0 Å². The van der Waals surface area contributed by atoms with Crippen LogP contribution in [-0.2, 0) is 10.0 Å². The third-order valence-corrected chi connectivity index (χ3v) is 8.08. The maximum Gasteiger partial charge on any atom is 0.211 e. The fraction of sp³-hybridized carbons (Fsp3) is 0.632. The fourth-order valence-corrected chi connectivity index (χ4v) is 5.46. The number of guanidine groups is 1. The minimum absolute atomic E-state index is 0. The van der Waals surface area contributed by atoms with Crippen molar-refractivity contribution in [1.82, 2.24) is 14.9 Å². The second-order valence-electron chi connectivity index (χ2n) is 7.51. The van der Waals surface area contributed by atoms with Crippen LogP contribution in [-0.4, -0.2) is 62.9 Å². The average Bonchev–Trinajstić information content (AvgIpc) is 3.42. The van der Waals surface area contributed by atoms with Crippen LogP contribution in [0.4, 0.5) is 0 Å². The summed E-state index contributed by atoms with van der Waals surface area (Å²) in [6.45, 7) is 2.97. The van der Waals surface area contributed by atoms with Crippen LogP contribution < -0.4 is 10.6 Å². The summed E-state index contributed by atoms with van der Waals surface area (Å²) >= 11 is 1.95. The number of thioether (sulfide) groups is 1. The topological polar surface area (TPSA) is 73.8 Å². The Balaban J connectivity index is 0.00000280. The number of aliphatic imine (C=N–C) groups is 1. The van der Waals surface area contributed by atoms with Crippen LogP contribution >= 0.6 is 35.7 Å². The van der Waals surface area contributed by atoms with Gasteiger partial charge >= 0.3 is 0 Å². The van der Waals surface area contributed by atoms with Crippen LogP contribution in [0.15, 0.2) is 40.2 Å². The quantitative estimate of drug-likeness (QED) is 0.318. The molecule has 0 atom stereocenters. The van der Waals surface area contributed by atoms with Crippen LogP contribution in [0.2, 0.25) is 0 Å². The molecule has 1 aliphatic heterocycles. The van der Waals surface area contributed by atoms with Gasteiger partial charge < -0.3 is 10.6 Å². The van der Waals surface area contributed by atoms with Gasteiger partial charge in [-0.15, -0.1) is 35.7 Å². The number of nitrogens with zero attached hydrogens (tertiary/aromatic N) is 2. The molecular weight excluding hydrogens is 507 g/mol. The van der Waals surface area contributed by atoms with Crippen molar-refractivity contribution >= 4 is 51.7 Å². The van der Waals surface area contributed by atoms with Crippen molar-refractivity contribution in [2.45, 2.75) is 35.3 Å². The Bertz CT molecular complexity index is 746. The van der Waals surface area contributed by atoms with Gasteiger partial charge in [-0.2, -0.15) is 0 Å². The fourth-order valence-electron chi connectivity index (χ4n) is 3.34. The Hall–Kier alpha value is -0.520. The summed E-state index contributed by atoms with van der Waals surface area (Å²) in [4.78, 5) is 5.66. The van der Waals surface area contributed by atoms with Crippen molar-refractivity contribution < 1.29 is 8.42 Å². The second-order valence-corrected chi connectivity index (χ2v) is 11.0. The number of halogens is 1. The lowest BCUT2D eigenvalue weighted by Crippen LogP contribution is -2.45. The van der Waals surface area contributed by atoms with Gasteiger partial charge in [0.1, 0.15) is 0 Å². The zero-order valence-electron chi connectivity index (χ0n) is 16.6. The van der Waals surface area contributed by atoms with E-state index < -0.39 is 10.0 Å². The zero-order valence-corrected chi connectivity index (χ0v) is 20.5. The Morgan fingerprint density at radius 3 is 2.39 bits per heavy atom. The predicted octanol–water partition coefficient (Wildman–Crippen LogP) is 2.77. The molecule has 2 N–H and O–H groups in total. The van der Waals surface area contributed by atoms with Gasteiger partial charge in [-0.3, -0.25) is 4.99 Å². The summed E-state index contributed by atoms with van der Waals surface area (Å²) in [6.07, 6.45) is 5.52. The smallest absolute Gasteiger partial charge is 0.211 e. The lowest BCUT2D eigenvalue weighted by Gasteiger charge is -2.30. The summed E-state index contributed by atoms with van der Waals surface area (Å²) in [5.74, 6) is 1.32. The number of nitrogens with one attached hydrogen (secondary N) is 2. The first-order valence-electron chi connectivity index (χ1n) is 9.54. The maximum atomic E-state index is 11.6. The highest BCUT2D eigenvalue weighted by Gasteiger charge is 2.43. The Labute approximate surface area is 190 Å². The summed E-state index contributed by atoms with van der Waals surface area (Å²) in [5, 5.41) is 6.90. The molecular formula is C19H31IN4O2S2. The van der Waals surface area contributed by atoms with E-state index in [2.05, 4.69) is 39.9 Å². The number of benzene rings is 1. The van der Waals surface area contributed by atoms with E-state index in [9.17, 15) is 8.42 Å². The van der Waals surface area contributed by atoms with Gasteiger partial charge in [-0.1, -0.05) is 18.2 Å². The van der Waals surface area contributed by atoms with Crippen LogP contribution in [0.3, 0.4) is 0 Å². The average molecular weight is 539 g/mol. The minimum Gasteiger partial charge on any atom is -0.356 e. The number of sulfonamides is 1. The molecule has 0 aromatic heterocycles. The minimum atomic E-state index is -3.05. The standard InChI is InChI=1S/C19H30N4O2S2.HI/c1-20-18(21-14-16-8-12-23(13-9-16)27(2,24)25)22-15-19(10-11-19)26-17-6-4-3-5-7-17;/h3-7,16H,8-15H2,1-2H3,(H2,20,21,22);1H. The normalized spacial score (nSPS) is 20.3. The van der Waals surface area contributed by atoms with Gasteiger partial charge in [0.25, 0.3) is 0 Å². The van der Waals surface area contributed by atoms with Gasteiger partial charge in [-0.05, 0) is 43.7 Å². The molecule has 0 bridgehead atoms. The molecule has 158 valence electrons. The van der Waals surface area contributed by atoms with Crippen LogP contribution in [0.25, 0.3) is 0 Å². The van der Waals surface area contributed by atoms with Crippen LogP contribution in [0, 0.1) is 5.92 Å². The predicted molar refractivity (Wildman–Crippen MR) is 128 cm³/mol. The first kappa shape index (κ1) is 23.8. The molecule has 0 spiro atoms. The van der Waals surface area contributed by atoms with Gasteiger partial charge in [0.2, 0.25) is 10.0 Å². The zero-order chi connectivity index (χ0) is 19.3. The molecule has 28 heavy (non-hydrogen) atoms. The summed E-state index contributed by atoms with van der Waals surface area (Å²) in [5.41, 5.74) is 0. The van der Waals surface area contributed by atoms with E-state index in [0.717, 1.165) is 31.9 Å². The number of rotatable bonds is 7. The van der Waals surface area contributed by atoms with E-state index in [0.29, 0.717) is 19.0 Å². The molecule has 2 fully saturated rings. The molecule has 6 nitrogen and oxygen atoms in total. The SMILES string of the molecule is CN=C(NCC1CCN(S(C)(=O)=O)CC1)NCC1(Sc2ccccc2)CC1.I. The van der Waals surface area contributed by atoms with Crippen molar-refractivity contribution in [2.24, 2.45) is 10.9 Å². The first-order chi connectivity index (χ1) is 12.9. The second kappa shape index (κ2) is 10.5. The van der Waals surface area contributed by atoms with Crippen molar-refractivity contribution in [1.29, 1.82) is 0 Å². The molecule has 0 unspecified atom stereocenters. The van der Waals surface area contributed by atoms with Gasteiger partial charge in [0.05, 0.1) is 6.26 Å². The molecule has 1 aromatic rings. The highest BCUT2D eigenvalue weighted by atomic mass is 127. The number of hydrogen-bond acceptors (Lipinski definition) is 4. The molecule has 0 radical (unpaired) electrons. The summed E-state index contributed by atoms with van der Waals surface area (Å²) in [7, 11) is -1.26. The van der Waals surface area contributed by atoms with E-state index >= 15 is 0 Å².